The van der Waals surface area contributed by atoms with Crippen LogP contribution < -0.4 is 5.32 Å². The van der Waals surface area contributed by atoms with Gasteiger partial charge in [-0.25, -0.2) is 0 Å². The van der Waals surface area contributed by atoms with Crippen LogP contribution >= 0.6 is 0 Å². The largest absolute Gasteiger partial charge is 0.462 e. The van der Waals surface area contributed by atoms with Crippen molar-refractivity contribution in [3.05, 3.63) is 97.2 Å². The Bertz CT molecular complexity index is 1130. The van der Waals surface area contributed by atoms with E-state index in [0.717, 1.165) is 64.2 Å². The highest BCUT2D eigenvalue weighted by atomic mass is 16.5. The topological polar surface area (TPSA) is 95.9 Å². The number of rotatable bonds is 37. The third-order valence-corrected chi connectivity index (χ3v) is 9.35. The van der Waals surface area contributed by atoms with E-state index in [-0.39, 0.29) is 31.3 Å². The lowest BCUT2D eigenvalue weighted by Gasteiger charge is -2.24. The van der Waals surface area contributed by atoms with Crippen molar-refractivity contribution in [3.8, 4) is 0 Å². The zero-order chi connectivity index (χ0) is 40.3. The molecule has 6 nitrogen and oxygen atoms in total. The third-order valence-electron chi connectivity index (χ3n) is 9.35. The number of unbranched alkanes of at least 4 members (excludes halogenated alkanes) is 15. The highest BCUT2D eigenvalue weighted by Gasteiger charge is 2.24. The van der Waals surface area contributed by atoms with E-state index in [9.17, 15) is 19.8 Å². The van der Waals surface area contributed by atoms with Gasteiger partial charge in [0, 0.05) is 6.42 Å². The van der Waals surface area contributed by atoms with Crippen LogP contribution in [0.3, 0.4) is 0 Å². The first-order valence-electron chi connectivity index (χ1n) is 22.1. The number of nitrogens with one attached hydrogen (secondary N) is 1. The number of hydrogen-bond donors (Lipinski definition) is 3. The summed E-state index contributed by atoms with van der Waals surface area (Å²) >= 11 is 0. The van der Waals surface area contributed by atoms with Gasteiger partial charge >= 0.3 is 5.97 Å². The van der Waals surface area contributed by atoms with Crippen molar-refractivity contribution in [2.75, 3.05) is 6.61 Å². The van der Waals surface area contributed by atoms with Gasteiger partial charge in [-0.15, -0.1) is 0 Å². The Morgan fingerprint density at radius 1 is 0.545 bits per heavy atom. The minimum Gasteiger partial charge on any atom is -0.462 e. The molecular weight excluding hydrogens is 683 g/mol. The van der Waals surface area contributed by atoms with Gasteiger partial charge in [0.25, 0.3) is 0 Å². The van der Waals surface area contributed by atoms with Crippen LogP contribution in [0.5, 0.6) is 0 Å². The van der Waals surface area contributed by atoms with Gasteiger partial charge in [0.05, 0.1) is 25.2 Å². The first-order chi connectivity index (χ1) is 27.0. The summed E-state index contributed by atoms with van der Waals surface area (Å²) in [6, 6.07) is -0.731. The van der Waals surface area contributed by atoms with Crippen LogP contribution in [-0.4, -0.2) is 46.9 Å². The van der Waals surface area contributed by atoms with Gasteiger partial charge < -0.3 is 20.3 Å². The molecule has 0 heterocycles. The van der Waals surface area contributed by atoms with Crippen molar-refractivity contribution >= 4 is 11.9 Å². The van der Waals surface area contributed by atoms with E-state index in [4.69, 9.17) is 4.74 Å². The molecule has 6 heteroatoms. The molecule has 1 amide bonds. The van der Waals surface area contributed by atoms with E-state index in [1.807, 2.05) is 72.9 Å². The number of carbonyl (C=O) groups excluding carboxylic acids is 2. The molecule has 0 aliphatic heterocycles. The van der Waals surface area contributed by atoms with Gasteiger partial charge in [0.1, 0.15) is 6.10 Å². The molecule has 0 aromatic carbocycles. The maximum Gasteiger partial charge on any atom is 0.306 e. The molecule has 0 aromatic rings. The van der Waals surface area contributed by atoms with Crippen LogP contribution in [0.25, 0.3) is 0 Å². The predicted octanol–water partition coefficient (Wildman–Crippen LogP) is 12.6. The second kappa shape index (κ2) is 41.9. The summed E-state index contributed by atoms with van der Waals surface area (Å²) in [5, 5.41) is 23.6. The zero-order valence-electron chi connectivity index (χ0n) is 35.3. The molecule has 0 rings (SSSR count). The Kier molecular flexibility index (Phi) is 39.5. The van der Waals surface area contributed by atoms with E-state index in [2.05, 4.69) is 50.4 Å². The zero-order valence-corrected chi connectivity index (χ0v) is 35.3. The molecule has 312 valence electrons. The number of carbonyl (C=O) groups is 2. The lowest BCUT2D eigenvalue weighted by molar-refractivity contribution is -0.151. The Morgan fingerprint density at radius 2 is 0.982 bits per heavy atom. The highest BCUT2D eigenvalue weighted by Crippen LogP contribution is 2.16. The van der Waals surface area contributed by atoms with E-state index in [0.29, 0.717) is 19.3 Å². The molecule has 0 saturated carbocycles. The van der Waals surface area contributed by atoms with Gasteiger partial charge in [-0.2, -0.15) is 0 Å². The quantitative estimate of drug-likeness (QED) is 0.0333. The maximum atomic E-state index is 13.1. The number of ether oxygens (including phenoxy) is 1. The monoisotopic (exact) mass is 764 g/mol. The molecule has 0 aliphatic carbocycles. The molecule has 0 bridgehead atoms. The summed E-state index contributed by atoms with van der Waals surface area (Å²) in [4.78, 5) is 25.9. The number of esters is 1. The number of aliphatic hydroxyl groups excluding tert-OH is 2. The summed E-state index contributed by atoms with van der Waals surface area (Å²) in [7, 11) is 0. The molecule has 3 unspecified atom stereocenters. The summed E-state index contributed by atoms with van der Waals surface area (Å²) in [6.07, 6.45) is 54.7. The molecule has 3 atom stereocenters. The van der Waals surface area contributed by atoms with Gasteiger partial charge in [-0.1, -0.05) is 201 Å². The molecule has 0 aliphatic rings. The minimum atomic E-state index is -0.813. The van der Waals surface area contributed by atoms with E-state index < -0.39 is 18.2 Å². The lowest BCUT2D eigenvalue weighted by atomic mass is 10.0. The van der Waals surface area contributed by atoms with Crippen molar-refractivity contribution < 1.29 is 24.5 Å². The second-order valence-corrected chi connectivity index (χ2v) is 14.5. The molecule has 55 heavy (non-hydrogen) atoms. The van der Waals surface area contributed by atoms with Crippen LogP contribution in [0, 0.1) is 0 Å². The Balaban J connectivity index is 4.77. The van der Waals surface area contributed by atoms with Crippen molar-refractivity contribution in [2.45, 2.75) is 193 Å². The summed E-state index contributed by atoms with van der Waals surface area (Å²) < 4.78 is 5.83. The predicted molar refractivity (Wildman–Crippen MR) is 236 cm³/mol. The fraction of sp³-hybridized carbons (Fsp3) is 0.633. The molecule has 0 spiro atoms. The Labute approximate surface area is 337 Å². The SMILES string of the molecule is CC/C=C/C=C/C=C\C=C/C=C/CCCC(=O)OC(CCCCC\C=C/C=C/C=C/CC)CC(=O)NC(CO)C(O)CCCCCCCCCCCCCC. The van der Waals surface area contributed by atoms with Crippen molar-refractivity contribution in [1.29, 1.82) is 0 Å². The molecule has 3 N–H and O–H groups in total. The minimum absolute atomic E-state index is 0.0197. The van der Waals surface area contributed by atoms with Crippen molar-refractivity contribution in [1.82, 2.24) is 5.32 Å². The number of hydrogen-bond acceptors (Lipinski definition) is 5. The smallest absolute Gasteiger partial charge is 0.306 e. The van der Waals surface area contributed by atoms with Crippen LogP contribution in [0.2, 0.25) is 0 Å². The van der Waals surface area contributed by atoms with E-state index in [1.54, 1.807) is 0 Å². The van der Waals surface area contributed by atoms with Gasteiger partial charge in [-0.3, -0.25) is 9.59 Å². The number of amides is 1. The molecule has 0 aromatic heterocycles. The summed E-state index contributed by atoms with van der Waals surface area (Å²) in [6.45, 7) is 6.14. The first-order valence-corrected chi connectivity index (χ1v) is 22.1. The van der Waals surface area contributed by atoms with Gasteiger partial charge in [0.15, 0.2) is 0 Å². The number of allylic oxidation sites excluding steroid dienone is 16. The van der Waals surface area contributed by atoms with Gasteiger partial charge in [0.2, 0.25) is 5.91 Å². The highest BCUT2D eigenvalue weighted by molar-refractivity contribution is 5.77. The summed E-state index contributed by atoms with van der Waals surface area (Å²) in [5.41, 5.74) is 0. The molecule has 0 radical (unpaired) electrons. The summed E-state index contributed by atoms with van der Waals surface area (Å²) in [5.74, 6) is -0.611. The first kappa shape index (κ1) is 51.8. The average Bonchev–Trinajstić information content (AvgIpc) is 3.18. The maximum absolute atomic E-state index is 13.1. The van der Waals surface area contributed by atoms with E-state index >= 15 is 0 Å². The Hall–Kier alpha value is -3.22. The Morgan fingerprint density at radius 3 is 1.49 bits per heavy atom. The fourth-order valence-corrected chi connectivity index (χ4v) is 6.05. The van der Waals surface area contributed by atoms with Gasteiger partial charge in [-0.05, 0) is 57.8 Å². The van der Waals surface area contributed by atoms with Crippen molar-refractivity contribution in [3.63, 3.8) is 0 Å². The molecule has 0 fully saturated rings. The second-order valence-electron chi connectivity index (χ2n) is 14.5. The molecular formula is C49H81NO5. The molecule has 0 saturated heterocycles. The third kappa shape index (κ3) is 37.5. The standard InChI is InChI=1S/C49H81NO5/c1-4-7-10-13-16-19-22-24-27-30-33-36-39-42-49(54)55-45(40-37-34-31-28-25-21-18-15-12-9-6-3)43-48(53)50-46(44-51)47(52)41-38-35-32-29-26-23-20-17-14-11-8-5-2/h7,9-10,12-13,15-16,18-19,21-22,24-25,27,30,33,45-47,51-52H,4-6,8,11,14,17,20,23,26,28-29,31-32,34-44H2,1-3H3,(H,50,53)/b10-7+,12-9+,16-13+,18-15+,22-19-,25-21-,27-24-,33-30+. The van der Waals surface area contributed by atoms with Crippen LogP contribution in [-0.2, 0) is 14.3 Å². The number of aliphatic hydroxyl groups is 2. The van der Waals surface area contributed by atoms with Crippen LogP contribution in [0.1, 0.15) is 175 Å². The average molecular weight is 764 g/mol. The normalized spacial score (nSPS) is 14.3. The lowest BCUT2D eigenvalue weighted by Crippen LogP contribution is -2.46. The van der Waals surface area contributed by atoms with Crippen LogP contribution in [0.15, 0.2) is 97.2 Å². The van der Waals surface area contributed by atoms with Crippen molar-refractivity contribution in [2.24, 2.45) is 0 Å². The fourth-order valence-electron chi connectivity index (χ4n) is 6.05. The van der Waals surface area contributed by atoms with Crippen LogP contribution in [0.4, 0.5) is 0 Å². The van der Waals surface area contributed by atoms with E-state index in [1.165, 1.54) is 57.8 Å².